The van der Waals surface area contributed by atoms with E-state index >= 15 is 4.39 Å². The molecule has 3 aliphatic heterocycles. The minimum Gasteiger partial charge on any atom is -0.474 e. The SMILES string of the molecule is C[C@H]1CCNCCNc2nc(OC[C@@]34CCCN3C[C@H](F)C4)nc3c(F)c(-c4cc(N)cnc4C(F)(F)F)nc(c23)O1. The zero-order valence-electron chi connectivity index (χ0n) is 22.9. The van der Waals surface area contributed by atoms with Crippen LogP contribution in [-0.4, -0.2) is 82.0 Å². The molecule has 2 saturated heterocycles. The van der Waals surface area contributed by atoms with Crippen LogP contribution >= 0.6 is 0 Å². The first-order valence-electron chi connectivity index (χ1n) is 13.9. The predicted octanol–water partition coefficient (Wildman–Crippen LogP) is 3.95. The van der Waals surface area contributed by atoms with Crippen molar-refractivity contribution < 1.29 is 31.4 Å². The molecule has 0 saturated carbocycles. The second-order valence-electron chi connectivity index (χ2n) is 11.1. The van der Waals surface area contributed by atoms with E-state index in [2.05, 4.69) is 35.5 Å². The molecule has 0 aromatic carbocycles. The molecule has 3 aromatic rings. The molecule has 42 heavy (non-hydrogen) atoms. The number of nitrogens with one attached hydrogen (secondary N) is 2. The molecule has 3 atom stereocenters. The Hall–Kier alpha value is -3.59. The molecule has 0 amide bonds. The summed E-state index contributed by atoms with van der Waals surface area (Å²) in [6.07, 6.45) is -3.00. The zero-order chi connectivity index (χ0) is 29.6. The average molecular weight is 595 g/mol. The highest BCUT2D eigenvalue weighted by molar-refractivity contribution is 5.96. The Morgan fingerprint density at radius 3 is 2.86 bits per heavy atom. The number of nitrogens with two attached hydrogens (primary N) is 1. The van der Waals surface area contributed by atoms with Crippen molar-refractivity contribution in [1.82, 2.24) is 30.2 Å². The van der Waals surface area contributed by atoms with Crippen molar-refractivity contribution in [3.05, 3.63) is 23.8 Å². The lowest BCUT2D eigenvalue weighted by Crippen LogP contribution is -2.43. The third-order valence-electron chi connectivity index (χ3n) is 8.03. The molecule has 0 bridgehead atoms. The largest absolute Gasteiger partial charge is 0.474 e. The Bertz CT molecular complexity index is 1490. The first-order chi connectivity index (χ1) is 20.0. The highest BCUT2D eigenvalue weighted by Gasteiger charge is 2.49. The summed E-state index contributed by atoms with van der Waals surface area (Å²) >= 11 is 0. The van der Waals surface area contributed by atoms with E-state index < -0.39 is 46.8 Å². The monoisotopic (exact) mass is 594 g/mol. The Morgan fingerprint density at radius 2 is 2.05 bits per heavy atom. The first-order valence-corrected chi connectivity index (χ1v) is 13.9. The van der Waals surface area contributed by atoms with Crippen molar-refractivity contribution in [3.63, 3.8) is 0 Å². The minimum absolute atomic E-state index is 0.0631. The number of hydrogen-bond donors (Lipinski definition) is 3. The standard InChI is InChI=1S/C27H31F5N8O2/c1-14-3-5-34-6-7-35-23-18-21(38-25(39-23)41-13-26-4-2-8-40(26)12-15(28)10-26)19(29)20(37-24(18)42-14)17-9-16(33)11-36-22(17)27(30,31)32/h9,11,14-15,34H,2-8,10,12-13,33H2,1H3,(H,35,38,39)/t14-,15+,26-/m0/s1. The molecule has 0 aliphatic carbocycles. The number of ether oxygens (including phenoxy) is 2. The molecular formula is C27H31F5N8O2. The van der Waals surface area contributed by atoms with Gasteiger partial charge in [-0.25, -0.2) is 18.7 Å². The zero-order valence-corrected chi connectivity index (χ0v) is 22.9. The third kappa shape index (κ3) is 5.35. The summed E-state index contributed by atoms with van der Waals surface area (Å²) in [4.78, 5) is 18.5. The second-order valence-corrected chi connectivity index (χ2v) is 11.1. The number of alkyl halides is 4. The van der Waals surface area contributed by atoms with Crippen LogP contribution in [-0.2, 0) is 6.18 Å². The lowest BCUT2D eigenvalue weighted by Gasteiger charge is -2.30. The van der Waals surface area contributed by atoms with Gasteiger partial charge in [0.1, 0.15) is 35.2 Å². The maximum absolute atomic E-state index is 16.4. The van der Waals surface area contributed by atoms with Crippen LogP contribution in [0.1, 0.15) is 38.3 Å². The van der Waals surface area contributed by atoms with Crippen LogP contribution in [0.4, 0.5) is 33.5 Å². The molecule has 6 rings (SSSR count). The molecule has 4 N–H and O–H groups in total. The molecule has 3 aliphatic rings. The summed E-state index contributed by atoms with van der Waals surface area (Å²) in [7, 11) is 0. The molecule has 3 aromatic heterocycles. The van der Waals surface area contributed by atoms with E-state index in [4.69, 9.17) is 15.2 Å². The van der Waals surface area contributed by atoms with Crippen molar-refractivity contribution in [1.29, 1.82) is 0 Å². The van der Waals surface area contributed by atoms with Crippen molar-refractivity contribution in [3.8, 4) is 23.1 Å². The van der Waals surface area contributed by atoms with Crippen LogP contribution in [0.3, 0.4) is 0 Å². The van der Waals surface area contributed by atoms with E-state index in [1.165, 1.54) is 0 Å². The van der Waals surface area contributed by atoms with Gasteiger partial charge in [-0.05, 0) is 45.3 Å². The summed E-state index contributed by atoms with van der Waals surface area (Å²) in [6.45, 7) is 4.47. The fraction of sp³-hybridized carbons (Fsp3) is 0.556. The van der Waals surface area contributed by atoms with E-state index in [-0.39, 0.29) is 40.9 Å². The van der Waals surface area contributed by atoms with Crippen LogP contribution in [0.2, 0.25) is 0 Å². The quantitative estimate of drug-likeness (QED) is 0.383. The van der Waals surface area contributed by atoms with Gasteiger partial charge in [0.25, 0.3) is 0 Å². The average Bonchev–Trinajstić information content (AvgIpc) is 3.44. The fourth-order valence-electron chi connectivity index (χ4n) is 6.06. The first kappa shape index (κ1) is 28.5. The number of pyridine rings is 2. The predicted molar refractivity (Wildman–Crippen MR) is 145 cm³/mol. The number of nitrogens with zero attached hydrogens (tertiary/aromatic N) is 5. The summed E-state index contributed by atoms with van der Waals surface area (Å²) < 4.78 is 84.6. The van der Waals surface area contributed by atoms with Crippen LogP contribution in [0.25, 0.3) is 22.2 Å². The van der Waals surface area contributed by atoms with E-state index in [0.29, 0.717) is 39.0 Å². The van der Waals surface area contributed by atoms with Crippen LogP contribution in [0, 0.1) is 5.82 Å². The normalized spacial score (nSPS) is 25.0. The van der Waals surface area contributed by atoms with Gasteiger partial charge < -0.3 is 25.8 Å². The number of fused-ring (bicyclic) bond motifs is 1. The number of nitrogen functional groups attached to an aromatic ring is 1. The van der Waals surface area contributed by atoms with E-state index in [1.54, 1.807) is 6.92 Å². The molecular weight excluding hydrogens is 563 g/mol. The molecule has 2 fully saturated rings. The maximum atomic E-state index is 16.4. The molecule has 0 radical (unpaired) electrons. The second kappa shape index (κ2) is 10.9. The highest BCUT2D eigenvalue weighted by atomic mass is 19.4. The van der Waals surface area contributed by atoms with Gasteiger partial charge in [-0.3, -0.25) is 4.90 Å². The van der Waals surface area contributed by atoms with Crippen molar-refractivity contribution in [2.75, 3.05) is 50.4 Å². The fourth-order valence-corrected chi connectivity index (χ4v) is 6.06. The minimum atomic E-state index is -4.92. The Balaban J connectivity index is 1.51. The van der Waals surface area contributed by atoms with Gasteiger partial charge in [0.2, 0.25) is 5.88 Å². The topological polar surface area (TPSA) is 123 Å². The van der Waals surface area contributed by atoms with Gasteiger partial charge in [-0.15, -0.1) is 0 Å². The van der Waals surface area contributed by atoms with Gasteiger partial charge in [0, 0.05) is 31.6 Å². The third-order valence-corrected chi connectivity index (χ3v) is 8.03. The van der Waals surface area contributed by atoms with Crippen LogP contribution in [0.15, 0.2) is 12.3 Å². The van der Waals surface area contributed by atoms with Crippen LogP contribution in [0.5, 0.6) is 11.9 Å². The van der Waals surface area contributed by atoms with Crippen LogP contribution < -0.4 is 25.8 Å². The lowest BCUT2D eigenvalue weighted by molar-refractivity contribution is -0.140. The molecule has 0 unspecified atom stereocenters. The number of halogens is 5. The molecule has 226 valence electrons. The Labute approximate surface area is 238 Å². The van der Waals surface area contributed by atoms with E-state index in [1.807, 2.05) is 0 Å². The lowest BCUT2D eigenvalue weighted by atomic mass is 9.95. The van der Waals surface area contributed by atoms with Gasteiger partial charge in [-0.2, -0.15) is 23.1 Å². The highest BCUT2D eigenvalue weighted by Crippen LogP contribution is 2.43. The van der Waals surface area contributed by atoms with Gasteiger partial charge in [0.05, 0.1) is 23.5 Å². The smallest absolute Gasteiger partial charge is 0.434 e. The van der Waals surface area contributed by atoms with Crippen molar-refractivity contribution in [2.45, 2.75) is 56.6 Å². The number of aromatic nitrogens is 4. The summed E-state index contributed by atoms with van der Waals surface area (Å²) in [6, 6.07) is 0.769. The summed E-state index contributed by atoms with van der Waals surface area (Å²) in [5.41, 5.74) is 2.13. The molecule has 15 heteroatoms. The Kier molecular flexibility index (Phi) is 7.41. The summed E-state index contributed by atoms with van der Waals surface area (Å²) in [5.74, 6) is -1.13. The molecule has 0 spiro atoms. The number of hydrogen-bond acceptors (Lipinski definition) is 10. The summed E-state index contributed by atoms with van der Waals surface area (Å²) in [5, 5.41) is 6.45. The van der Waals surface area contributed by atoms with Gasteiger partial charge >= 0.3 is 12.2 Å². The van der Waals surface area contributed by atoms with Gasteiger partial charge in [0.15, 0.2) is 11.5 Å². The molecule has 10 nitrogen and oxygen atoms in total. The number of rotatable bonds is 4. The van der Waals surface area contributed by atoms with E-state index in [0.717, 1.165) is 31.6 Å². The van der Waals surface area contributed by atoms with Gasteiger partial charge in [-0.1, -0.05) is 0 Å². The molecule has 6 heterocycles. The van der Waals surface area contributed by atoms with E-state index in [9.17, 15) is 17.6 Å². The maximum Gasteiger partial charge on any atom is 0.434 e. The van der Waals surface area contributed by atoms with Crippen molar-refractivity contribution in [2.24, 2.45) is 0 Å². The Morgan fingerprint density at radius 1 is 1.21 bits per heavy atom. The van der Waals surface area contributed by atoms with Crippen molar-refractivity contribution >= 4 is 22.4 Å². The number of anilines is 2.